The summed E-state index contributed by atoms with van der Waals surface area (Å²) >= 11 is 0. The topological polar surface area (TPSA) is 105 Å². The van der Waals surface area contributed by atoms with Crippen LogP contribution in [0.15, 0.2) is 0 Å². The monoisotopic (exact) mass is 990 g/mol. The number of nitrogens with zero attached hydrogens (tertiary/aromatic N) is 2. The highest BCUT2D eigenvalue weighted by Crippen LogP contribution is 2.22. The van der Waals surface area contributed by atoms with Crippen LogP contribution < -0.4 is 5.32 Å². The van der Waals surface area contributed by atoms with Crippen molar-refractivity contribution in [1.82, 2.24) is 15.1 Å². The first-order valence-corrected chi connectivity index (χ1v) is 30.8. The van der Waals surface area contributed by atoms with Crippen molar-refractivity contribution in [3.05, 3.63) is 0 Å². The number of carbonyl (C=O) groups excluding carboxylic acids is 4. The Balaban J connectivity index is 5.36. The van der Waals surface area contributed by atoms with Gasteiger partial charge in [0.1, 0.15) is 6.04 Å². The first-order valence-electron chi connectivity index (χ1n) is 30.8. The third-order valence-corrected chi connectivity index (χ3v) is 14.8. The molecule has 0 rings (SSSR count). The van der Waals surface area contributed by atoms with Crippen LogP contribution in [-0.4, -0.2) is 85.5 Å². The zero-order valence-corrected chi connectivity index (χ0v) is 47.8. The normalized spacial score (nSPS) is 12.8. The van der Waals surface area contributed by atoms with Gasteiger partial charge in [-0.2, -0.15) is 0 Å². The highest BCUT2D eigenvalue weighted by Gasteiger charge is 2.29. The van der Waals surface area contributed by atoms with E-state index in [2.05, 4.69) is 58.7 Å². The molecule has 0 aliphatic carbocycles. The maximum absolute atomic E-state index is 14.1. The fraction of sp³-hybridized carbons (Fsp3) is 0.934. The van der Waals surface area contributed by atoms with Gasteiger partial charge in [-0.05, 0) is 82.7 Å². The minimum Gasteiger partial charge on any atom is -0.465 e. The van der Waals surface area contributed by atoms with Gasteiger partial charge in [-0.3, -0.25) is 19.2 Å². The van der Waals surface area contributed by atoms with Crippen LogP contribution in [0.25, 0.3) is 0 Å². The summed E-state index contributed by atoms with van der Waals surface area (Å²) in [6.07, 6.45) is 43.0. The number of hydrogen-bond donors (Lipinski definition) is 1. The summed E-state index contributed by atoms with van der Waals surface area (Å²) < 4.78 is 11.7. The Morgan fingerprint density at radius 2 is 0.757 bits per heavy atom. The number of carbonyl (C=O) groups is 4. The molecule has 0 fully saturated rings. The summed E-state index contributed by atoms with van der Waals surface area (Å²) in [5.74, 6) is 0.895. The van der Waals surface area contributed by atoms with E-state index in [4.69, 9.17) is 9.47 Å². The van der Waals surface area contributed by atoms with Crippen molar-refractivity contribution in [2.24, 2.45) is 11.8 Å². The van der Waals surface area contributed by atoms with Crippen molar-refractivity contribution in [1.29, 1.82) is 0 Å². The van der Waals surface area contributed by atoms with Gasteiger partial charge in [-0.1, -0.05) is 228 Å². The lowest BCUT2D eigenvalue weighted by molar-refractivity contribution is -0.146. The van der Waals surface area contributed by atoms with Crippen LogP contribution in [-0.2, 0) is 28.7 Å². The van der Waals surface area contributed by atoms with E-state index in [1.165, 1.54) is 128 Å². The van der Waals surface area contributed by atoms with Gasteiger partial charge in [0.2, 0.25) is 11.8 Å². The molecule has 9 heteroatoms. The van der Waals surface area contributed by atoms with E-state index in [1.54, 1.807) is 0 Å². The zero-order chi connectivity index (χ0) is 51.6. The fourth-order valence-corrected chi connectivity index (χ4v) is 9.89. The number of esters is 2. The molecule has 1 N–H and O–H groups in total. The Morgan fingerprint density at radius 1 is 0.386 bits per heavy atom. The van der Waals surface area contributed by atoms with Crippen molar-refractivity contribution in [3.63, 3.8) is 0 Å². The van der Waals surface area contributed by atoms with Gasteiger partial charge < -0.3 is 24.6 Å². The SMILES string of the molecule is CCCCCCCCNC(=O)C(CCCCCCCCC(=O)OCC(CCCC)CCCCCC)N(CCCCCCC(=O)OCC(CCCCCC)CCCCCCCC)C(=O)CCN(CC)CC. The van der Waals surface area contributed by atoms with Crippen LogP contribution in [0.2, 0.25) is 0 Å². The van der Waals surface area contributed by atoms with E-state index in [0.29, 0.717) is 70.4 Å². The van der Waals surface area contributed by atoms with E-state index in [-0.39, 0.29) is 23.8 Å². The van der Waals surface area contributed by atoms with E-state index in [9.17, 15) is 19.2 Å². The molecule has 0 aromatic carbocycles. The molecule has 0 aromatic heterocycles. The molecule has 0 radical (unpaired) electrons. The minimum absolute atomic E-state index is 0.0101. The standard InChI is InChI=1S/C61H119N3O6/c1-8-15-20-24-28-36-45-56(44-35-23-18-11-4)54-70-60(67)48-39-31-33-41-51-64(58(65)49-52-63(13-6)14-7)57(61(68)62-50-40-32-25-21-16-9-2)46-37-29-26-27-30-38-47-59(66)69-53-55(42-19-12-5)43-34-22-17-10-3/h55-57H,8-54H2,1-7H3,(H,62,68). The van der Waals surface area contributed by atoms with Crippen LogP contribution in [0, 0.1) is 11.8 Å². The molecular formula is C61H119N3O6. The number of amides is 2. The lowest BCUT2D eigenvalue weighted by Gasteiger charge is -2.32. The van der Waals surface area contributed by atoms with Gasteiger partial charge >= 0.3 is 11.9 Å². The maximum Gasteiger partial charge on any atom is 0.305 e. The Labute approximate surface area is 435 Å². The number of ether oxygens (including phenoxy) is 2. The average molecular weight is 991 g/mol. The Bertz CT molecular complexity index is 1180. The van der Waals surface area contributed by atoms with Crippen molar-refractivity contribution in [2.45, 2.75) is 311 Å². The quantitative estimate of drug-likeness (QED) is 0.0478. The molecule has 0 heterocycles. The third-order valence-electron chi connectivity index (χ3n) is 14.8. The Hall–Kier alpha value is -2.16. The van der Waals surface area contributed by atoms with E-state index in [0.717, 1.165) is 116 Å². The molecule has 0 saturated carbocycles. The van der Waals surface area contributed by atoms with Gasteiger partial charge in [0.05, 0.1) is 13.2 Å². The van der Waals surface area contributed by atoms with Crippen LogP contribution >= 0.6 is 0 Å². The van der Waals surface area contributed by atoms with Gasteiger partial charge in [0, 0.05) is 38.9 Å². The Morgan fingerprint density at radius 3 is 1.21 bits per heavy atom. The number of nitrogens with one attached hydrogen (secondary N) is 1. The van der Waals surface area contributed by atoms with E-state index < -0.39 is 6.04 Å². The minimum atomic E-state index is -0.479. The summed E-state index contributed by atoms with van der Waals surface area (Å²) in [7, 11) is 0. The third kappa shape index (κ3) is 41.3. The average Bonchev–Trinajstić information content (AvgIpc) is 3.36. The number of hydrogen-bond acceptors (Lipinski definition) is 7. The van der Waals surface area contributed by atoms with Crippen molar-refractivity contribution >= 4 is 23.8 Å². The van der Waals surface area contributed by atoms with E-state index >= 15 is 0 Å². The second-order valence-electron chi connectivity index (χ2n) is 21.3. The highest BCUT2D eigenvalue weighted by atomic mass is 16.5. The zero-order valence-electron chi connectivity index (χ0n) is 47.8. The van der Waals surface area contributed by atoms with Crippen LogP contribution in [0.4, 0.5) is 0 Å². The Kier molecular flexibility index (Phi) is 50.1. The summed E-state index contributed by atoms with van der Waals surface area (Å²) in [5, 5.41) is 3.26. The van der Waals surface area contributed by atoms with Crippen LogP contribution in [0.3, 0.4) is 0 Å². The van der Waals surface area contributed by atoms with Crippen molar-refractivity contribution in [3.8, 4) is 0 Å². The predicted molar refractivity (Wildman–Crippen MR) is 298 cm³/mol. The number of rotatable bonds is 54. The number of unbranched alkanes of at least 4 members (excludes halogenated alkanes) is 25. The molecule has 9 nitrogen and oxygen atoms in total. The first-order chi connectivity index (χ1) is 34.2. The molecule has 0 aromatic rings. The lowest BCUT2D eigenvalue weighted by atomic mass is 9.95. The molecule has 3 unspecified atom stereocenters. The second-order valence-corrected chi connectivity index (χ2v) is 21.3. The first kappa shape index (κ1) is 67.8. The molecule has 0 bridgehead atoms. The molecule has 2 amide bonds. The van der Waals surface area contributed by atoms with Crippen LogP contribution in [0.1, 0.15) is 305 Å². The van der Waals surface area contributed by atoms with E-state index in [1.807, 2.05) is 4.90 Å². The molecule has 414 valence electrons. The maximum atomic E-state index is 14.1. The predicted octanol–water partition coefficient (Wildman–Crippen LogP) is 16.7. The highest BCUT2D eigenvalue weighted by molar-refractivity contribution is 5.87. The molecule has 3 atom stereocenters. The smallest absolute Gasteiger partial charge is 0.305 e. The van der Waals surface area contributed by atoms with Gasteiger partial charge in [0.15, 0.2) is 0 Å². The summed E-state index contributed by atoms with van der Waals surface area (Å²) in [6.45, 7) is 20.3. The lowest BCUT2D eigenvalue weighted by Crippen LogP contribution is -2.50. The second kappa shape index (κ2) is 51.7. The molecule has 0 spiro atoms. The largest absolute Gasteiger partial charge is 0.465 e. The van der Waals surface area contributed by atoms with Crippen LogP contribution in [0.5, 0.6) is 0 Å². The van der Waals surface area contributed by atoms with Gasteiger partial charge in [0.25, 0.3) is 0 Å². The summed E-state index contributed by atoms with van der Waals surface area (Å²) in [6, 6.07) is -0.479. The van der Waals surface area contributed by atoms with Gasteiger partial charge in [-0.15, -0.1) is 0 Å². The molecule has 0 aliphatic rings. The molecular weight excluding hydrogens is 871 g/mol. The molecule has 70 heavy (non-hydrogen) atoms. The summed E-state index contributed by atoms with van der Waals surface area (Å²) in [5.41, 5.74) is 0. The summed E-state index contributed by atoms with van der Waals surface area (Å²) in [4.78, 5) is 58.0. The molecule has 0 aliphatic heterocycles. The van der Waals surface area contributed by atoms with Crippen molar-refractivity contribution < 1.29 is 28.7 Å². The molecule has 0 saturated heterocycles. The van der Waals surface area contributed by atoms with Gasteiger partial charge in [-0.25, -0.2) is 0 Å². The van der Waals surface area contributed by atoms with Crippen molar-refractivity contribution in [2.75, 3.05) is 45.9 Å². The fourth-order valence-electron chi connectivity index (χ4n) is 9.89.